The van der Waals surface area contributed by atoms with Gasteiger partial charge in [-0.05, 0) is 43.4 Å². The lowest BCUT2D eigenvalue weighted by molar-refractivity contribution is 0.502. The summed E-state index contributed by atoms with van der Waals surface area (Å²) in [6, 6.07) is 8.09. The fourth-order valence-corrected chi connectivity index (χ4v) is 2.76. The third-order valence-corrected chi connectivity index (χ3v) is 3.95. The zero-order valence-corrected chi connectivity index (χ0v) is 11.5. The molecular formula is C15H19ClN2. The molecule has 1 N–H and O–H groups in total. The highest BCUT2D eigenvalue weighted by atomic mass is 35.5. The topological polar surface area (TPSA) is 35.8 Å². The van der Waals surface area contributed by atoms with Crippen molar-refractivity contribution in [2.45, 2.75) is 45.1 Å². The molecule has 2 atom stereocenters. The van der Waals surface area contributed by atoms with Gasteiger partial charge < -0.3 is 5.32 Å². The maximum atomic E-state index is 9.10. The van der Waals surface area contributed by atoms with E-state index in [1.54, 1.807) is 12.1 Å². The first-order valence-electron chi connectivity index (χ1n) is 6.65. The summed E-state index contributed by atoms with van der Waals surface area (Å²) in [5, 5.41) is 13.3. The second kappa shape index (κ2) is 6.11. The molecule has 1 aliphatic rings. The van der Waals surface area contributed by atoms with Gasteiger partial charge in [0.1, 0.15) is 6.07 Å². The van der Waals surface area contributed by atoms with Crippen LogP contribution in [0.15, 0.2) is 18.2 Å². The van der Waals surface area contributed by atoms with Crippen molar-refractivity contribution in [3.05, 3.63) is 28.8 Å². The predicted octanol–water partition coefficient (Wildman–Crippen LogP) is 4.59. The van der Waals surface area contributed by atoms with Gasteiger partial charge in [0.2, 0.25) is 0 Å². The van der Waals surface area contributed by atoms with Crippen LogP contribution in [0.25, 0.3) is 0 Å². The number of nitrogens with one attached hydrogen (secondary N) is 1. The molecular weight excluding hydrogens is 244 g/mol. The summed E-state index contributed by atoms with van der Waals surface area (Å²) in [7, 11) is 0. The molecule has 0 radical (unpaired) electrons. The van der Waals surface area contributed by atoms with E-state index in [-0.39, 0.29) is 0 Å². The molecule has 1 fully saturated rings. The largest absolute Gasteiger partial charge is 0.381 e. The van der Waals surface area contributed by atoms with Crippen LogP contribution in [-0.2, 0) is 0 Å². The summed E-state index contributed by atoms with van der Waals surface area (Å²) in [4.78, 5) is 0. The number of anilines is 1. The van der Waals surface area contributed by atoms with Crippen LogP contribution < -0.4 is 5.32 Å². The lowest BCUT2D eigenvalue weighted by atomic mass is 10.0. The van der Waals surface area contributed by atoms with Crippen molar-refractivity contribution in [3.8, 4) is 6.07 Å². The Labute approximate surface area is 114 Å². The smallest absolute Gasteiger partial charge is 0.101 e. The van der Waals surface area contributed by atoms with Crippen molar-refractivity contribution < 1.29 is 0 Å². The molecule has 0 bridgehead atoms. The Morgan fingerprint density at radius 1 is 1.28 bits per heavy atom. The van der Waals surface area contributed by atoms with Crippen molar-refractivity contribution in [3.63, 3.8) is 0 Å². The fraction of sp³-hybridized carbons (Fsp3) is 0.533. The van der Waals surface area contributed by atoms with E-state index in [2.05, 4.69) is 18.3 Å². The average molecular weight is 263 g/mol. The molecule has 0 heterocycles. The van der Waals surface area contributed by atoms with Gasteiger partial charge in [0, 0.05) is 11.1 Å². The summed E-state index contributed by atoms with van der Waals surface area (Å²) in [5.74, 6) is 0.826. The number of halogens is 1. The van der Waals surface area contributed by atoms with Gasteiger partial charge >= 0.3 is 0 Å². The van der Waals surface area contributed by atoms with E-state index >= 15 is 0 Å². The molecule has 0 aromatic heterocycles. The molecule has 2 rings (SSSR count). The minimum absolute atomic E-state index is 0.473. The highest BCUT2D eigenvalue weighted by molar-refractivity contribution is 6.30. The lowest BCUT2D eigenvalue weighted by Crippen LogP contribution is -2.19. The molecule has 2 nitrogen and oxygen atoms in total. The number of hydrogen-bond donors (Lipinski definition) is 1. The summed E-state index contributed by atoms with van der Waals surface area (Å²) >= 11 is 6.00. The van der Waals surface area contributed by atoms with Gasteiger partial charge in [0.15, 0.2) is 0 Å². The first-order valence-corrected chi connectivity index (χ1v) is 7.03. The Kier molecular flexibility index (Phi) is 4.49. The summed E-state index contributed by atoms with van der Waals surface area (Å²) < 4.78 is 0. The van der Waals surface area contributed by atoms with Gasteiger partial charge in [-0.3, -0.25) is 0 Å². The highest BCUT2D eigenvalue weighted by Crippen LogP contribution is 2.27. The quantitative estimate of drug-likeness (QED) is 0.791. The Bertz CT molecular complexity index is 450. The second-order valence-electron chi connectivity index (χ2n) is 5.26. The Morgan fingerprint density at radius 2 is 2.11 bits per heavy atom. The first kappa shape index (κ1) is 13.2. The molecule has 3 heteroatoms. The molecule has 1 aliphatic carbocycles. The number of hydrogen-bond acceptors (Lipinski definition) is 2. The number of rotatable bonds is 2. The van der Waals surface area contributed by atoms with Crippen molar-refractivity contribution in [2.75, 3.05) is 5.32 Å². The van der Waals surface area contributed by atoms with E-state index in [4.69, 9.17) is 16.9 Å². The lowest BCUT2D eigenvalue weighted by Gasteiger charge is -2.18. The van der Waals surface area contributed by atoms with Gasteiger partial charge in [-0.2, -0.15) is 5.26 Å². The average Bonchev–Trinajstić information content (AvgIpc) is 2.55. The molecule has 0 aliphatic heterocycles. The highest BCUT2D eigenvalue weighted by Gasteiger charge is 2.17. The van der Waals surface area contributed by atoms with Gasteiger partial charge in [-0.25, -0.2) is 0 Å². The number of benzene rings is 1. The van der Waals surface area contributed by atoms with Gasteiger partial charge in [-0.1, -0.05) is 31.4 Å². The van der Waals surface area contributed by atoms with Crippen LogP contribution in [0.2, 0.25) is 5.02 Å². The van der Waals surface area contributed by atoms with E-state index in [1.807, 2.05) is 6.07 Å². The molecule has 18 heavy (non-hydrogen) atoms. The molecule has 1 aromatic carbocycles. The van der Waals surface area contributed by atoms with Crippen LogP contribution in [0, 0.1) is 17.2 Å². The van der Waals surface area contributed by atoms with Crippen molar-refractivity contribution in [1.29, 1.82) is 5.26 Å². The summed E-state index contributed by atoms with van der Waals surface area (Å²) in [6.45, 7) is 2.32. The van der Waals surface area contributed by atoms with Crippen molar-refractivity contribution >= 4 is 17.3 Å². The van der Waals surface area contributed by atoms with Crippen LogP contribution in [0.5, 0.6) is 0 Å². The third kappa shape index (κ3) is 3.40. The van der Waals surface area contributed by atoms with Crippen molar-refractivity contribution in [1.82, 2.24) is 0 Å². The predicted molar refractivity (Wildman–Crippen MR) is 75.8 cm³/mol. The fourth-order valence-electron chi connectivity index (χ4n) is 2.58. The normalized spacial score (nSPS) is 24.1. The third-order valence-electron chi connectivity index (χ3n) is 3.72. The van der Waals surface area contributed by atoms with Gasteiger partial charge in [-0.15, -0.1) is 0 Å². The SMILES string of the molecule is CC1CCCC(Nc2cc(Cl)ccc2C#N)CC1. The Balaban J connectivity index is 2.09. The maximum Gasteiger partial charge on any atom is 0.101 e. The second-order valence-corrected chi connectivity index (χ2v) is 5.69. The molecule has 96 valence electrons. The Hall–Kier alpha value is -1.20. The molecule has 0 spiro atoms. The van der Waals surface area contributed by atoms with Crippen molar-refractivity contribution in [2.24, 2.45) is 5.92 Å². The van der Waals surface area contributed by atoms with E-state index in [0.717, 1.165) is 11.6 Å². The summed E-state index contributed by atoms with van der Waals surface area (Å²) in [5.41, 5.74) is 1.56. The molecule has 1 saturated carbocycles. The molecule has 1 aromatic rings. The number of nitrogens with zero attached hydrogens (tertiary/aromatic N) is 1. The van der Waals surface area contributed by atoms with Gasteiger partial charge in [0.05, 0.1) is 11.3 Å². The zero-order valence-electron chi connectivity index (χ0n) is 10.7. The van der Waals surface area contributed by atoms with Gasteiger partial charge in [0.25, 0.3) is 0 Å². The van der Waals surface area contributed by atoms with Crippen LogP contribution in [-0.4, -0.2) is 6.04 Å². The van der Waals surface area contributed by atoms with Crippen LogP contribution in [0.4, 0.5) is 5.69 Å². The first-order chi connectivity index (χ1) is 8.69. The number of nitriles is 1. The van der Waals surface area contributed by atoms with Crippen LogP contribution >= 0.6 is 11.6 Å². The maximum absolute atomic E-state index is 9.10. The molecule has 0 saturated heterocycles. The minimum Gasteiger partial charge on any atom is -0.381 e. The van der Waals surface area contributed by atoms with E-state index < -0.39 is 0 Å². The molecule has 0 amide bonds. The molecule has 2 unspecified atom stereocenters. The van der Waals surface area contributed by atoms with E-state index in [9.17, 15) is 0 Å². The summed E-state index contributed by atoms with van der Waals surface area (Å²) in [6.07, 6.45) is 6.21. The standard InChI is InChI=1S/C15H19ClN2/c1-11-3-2-4-14(8-5-11)18-15-9-13(16)7-6-12(15)10-17/h6-7,9,11,14,18H,2-5,8H2,1H3. The monoisotopic (exact) mass is 262 g/mol. The van der Waals surface area contributed by atoms with E-state index in [1.165, 1.54) is 32.1 Å². The Morgan fingerprint density at radius 3 is 2.89 bits per heavy atom. The minimum atomic E-state index is 0.473. The van der Waals surface area contributed by atoms with E-state index in [0.29, 0.717) is 16.6 Å². The van der Waals surface area contributed by atoms with Crippen LogP contribution in [0.3, 0.4) is 0 Å². The zero-order chi connectivity index (χ0) is 13.0. The van der Waals surface area contributed by atoms with Crippen LogP contribution in [0.1, 0.15) is 44.6 Å².